The van der Waals surface area contributed by atoms with Gasteiger partial charge in [-0.2, -0.15) is 0 Å². The second kappa shape index (κ2) is 13.9. The van der Waals surface area contributed by atoms with Gasteiger partial charge in [0.05, 0.1) is 6.42 Å². The first-order chi connectivity index (χ1) is 19.9. The van der Waals surface area contributed by atoms with Crippen molar-refractivity contribution >= 4 is 16.7 Å². The molecule has 4 atom stereocenters. The zero-order valence-corrected chi connectivity index (χ0v) is 25.2. The summed E-state index contributed by atoms with van der Waals surface area (Å²) in [6.07, 6.45) is 4.70. The Kier molecular flexibility index (Phi) is 10.1. The number of rotatable bonds is 11. The van der Waals surface area contributed by atoms with E-state index >= 15 is 0 Å². The number of nitrogens with zero attached hydrogens (tertiary/aromatic N) is 2. The van der Waals surface area contributed by atoms with Crippen LogP contribution < -0.4 is 16.4 Å². The average Bonchev–Trinajstić information content (AvgIpc) is 3.47. The number of aryl methyl sites for hydroxylation is 2. The summed E-state index contributed by atoms with van der Waals surface area (Å²) >= 11 is 0. The predicted molar refractivity (Wildman–Crippen MR) is 170 cm³/mol. The molecule has 0 spiro atoms. The summed E-state index contributed by atoms with van der Waals surface area (Å²) < 4.78 is 0. The van der Waals surface area contributed by atoms with Gasteiger partial charge in [0.15, 0.2) is 0 Å². The lowest BCUT2D eigenvalue weighted by atomic mass is 9.97. The second-order valence-corrected chi connectivity index (χ2v) is 12.5. The molecule has 1 amide bonds. The van der Waals surface area contributed by atoms with Gasteiger partial charge in [-0.3, -0.25) is 9.69 Å². The van der Waals surface area contributed by atoms with Crippen LogP contribution in [-0.2, 0) is 17.6 Å². The molecule has 6 nitrogen and oxygen atoms in total. The summed E-state index contributed by atoms with van der Waals surface area (Å²) in [5.74, 6) is 0.229. The molecule has 0 radical (unpaired) electrons. The number of benzene rings is 3. The molecule has 2 aliphatic rings. The van der Waals surface area contributed by atoms with Gasteiger partial charge in [0.1, 0.15) is 0 Å². The Morgan fingerprint density at radius 2 is 1.90 bits per heavy atom. The maximum Gasteiger partial charge on any atom is 0.227 e. The molecule has 0 saturated carbocycles. The second-order valence-electron chi connectivity index (χ2n) is 12.5. The molecule has 0 aliphatic carbocycles. The summed E-state index contributed by atoms with van der Waals surface area (Å²) in [7, 11) is 0. The fraction of sp³-hybridized carbons (Fsp3) is 0.514. The van der Waals surface area contributed by atoms with Crippen molar-refractivity contribution in [1.29, 1.82) is 0 Å². The largest absolute Gasteiger partial charge is 0.337 e. The van der Waals surface area contributed by atoms with Gasteiger partial charge in [0, 0.05) is 50.3 Å². The highest BCUT2D eigenvalue weighted by Crippen LogP contribution is 2.23. The first-order valence-electron chi connectivity index (χ1n) is 15.6. The molecule has 220 valence electrons. The number of nitrogens with two attached hydrogens (primary N) is 1. The minimum Gasteiger partial charge on any atom is -0.337 e. The molecule has 0 aromatic heterocycles. The molecule has 2 saturated heterocycles. The predicted octanol–water partition coefficient (Wildman–Crippen LogP) is 4.20. The van der Waals surface area contributed by atoms with Crippen LogP contribution in [0.4, 0.5) is 0 Å². The van der Waals surface area contributed by atoms with Gasteiger partial charge in [-0.05, 0) is 87.0 Å². The molecule has 41 heavy (non-hydrogen) atoms. The summed E-state index contributed by atoms with van der Waals surface area (Å²) in [4.78, 5) is 18.4. The minimum atomic E-state index is 0.0636. The van der Waals surface area contributed by atoms with Crippen LogP contribution in [0.5, 0.6) is 0 Å². The van der Waals surface area contributed by atoms with Gasteiger partial charge in [-0.25, -0.2) is 0 Å². The van der Waals surface area contributed by atoms with Crippen LogP contribution in [0, 0.1) is 13.8 Å². The standard InChI is InChI=1S/C35H49N5O/c1-25-10-12-30(26(2)17-25)20-32(36)23-39-22-27(3)40(24-34(39)9-6-15-38-33-14-16-37-21-33)35(41)19-28-11-13-29-7-4-5-8-31(29)18-28/h4-5,7-8,10-13,17-18,27,32-34,37-38H,6,9,14-16,19-24,36H2,1-3H3/t27-,32+,33?,34+/m1/s1. The SMILES string of the molecule is Cc1ccc(C[C@H](N)CN2C[C@@H](C)N(C(=O)Cc3ccc4ccccc4c3)C[C@@H]2CCCNC2CCNC2)c(C)c1. The summed E-state index contributed by atoms with van der Waals surface area (Å²) in [6.45, 7) is 12.2. The van der Waals surface area contributed by atoms with E-state index < -0.39 is 0 Å². The molecule has 0 bridgehead atoms. The highest BCUT2D eigenvalue weighted by atomic mass is 16.2. The zero-order chi connectivity index (χ0) is 28.8. The van der Waals surface area contributed by atoms with Crippen molar-refractivity contribution in [2.75, 3.05) is 39.3 Å². The minimum absolute atomic E-state index is 0.0636. The maximum atomic E-state index is 13.7. The molecule has 3 aromatic carbocycles. The average molecular weight is 556 g/mol. The van der Waals surface area contributed by atoms with Gasteiger partial charge < -0.3 is 21.3 Å². The van der Waals surface area contributed by atoms with E-state index in [2.05, 4.69) is 102 Å². The number of hydrogen-bond acceptors (Lipinski definition) is 5. The zero-order valence-electron chi connectivity index (χ0n) is 25.2. The third-order valence-electron chi connectivity index (χ3n) is 9.10. The van der Waals surface area contributed by atoms with Crippen molar-refractivity contribution in [3.63, 3.8) is 0 Å². The Hall–Kier alpha value is -2.77. The fourth-order valence-corrected chi connectivity index (χ4v) is 6.78. The number of carbonyl (C=O) groups excluding carboxylic acids is 1. The summed E-state index contributed by atoms with van der Waals surface area (Å²) in [5, 5.41) is 9.57. The van der Waals surface area contributed by atoms with Crippen molar-refractivity contribution in [1.82, 2.24) is 20.4 Å². The molecule has 5 rings (SSSR count). The van der Waals surface area contributed by atoms with Crippen LogP contribution in [-0.4, -0.2) is 79.1 Å². The van der Waals surface area contributed by atoms with Crippen molar-refractivity contribution in [2.45, 2.75) is 77.0 Å². The van der Waals surface area contributed by atoms with E-state index in [0.717, 1.165) is 64.1 Å². The van der Waals surface area contributed by atoms with Crippen LogP contribution in [0.1, 0.15) is 48.4 Å². The monoisotopic (exact) mass is 555 g/mol. The van der Waals surface area contributed by atoms with Crippen LogP contribution in [0.2, 0.25) is 0 Å². The van der Waals surface area contributed by atoms with Crippen LogP contribution >= 0.6 is 0 Å². The highest BCUT2D eigenvalue weighted by Gasteiger charge is 2.34. The molecule has 1 unspecified atom stereocenters. The molecular formula is C35H49N5O. The topological polar surface area (TPSA) is 73.6 Å². The van der Waals surface area contributed by atoms with Crippen molar-refractivity contribution in [3.05, 3.63) is 82.9 Å². The Bertz CT molecular complexity index is 1300. The lowest BCUT2D eigenvalue weighted by molar-refractivity contribution is -0.136. The molecule has 6 heteroatoms. The molecule has 2 aliphatic heterocycles. The number of hydrogen-bond donors (Lipinski definition) is 3. The lowest BCUT2D eigenvalue weighted by Crippen LogP contribution is -2.61. The number of nitrogens with one attached hydrogen (secondary N) is 2. The Morgan fingerprint density at radius 3 is 2.68 bits per heavy atom. The molecule has 2 heterocycles. The van der Waals surface area contributed by atoms with E-state index in [-0.39, 0.29) is 18.0 Å². The van der Waals surface area contributed by atoms with Gasteiger partial charge in [-0.1, -0.05) is 66.2 Å². The van der Waals surface area contributed by atoms with Crippen molar-refractivity contribution < 1.29 is 4.79 Å². The van der Waals surface area contributed by atoms with Gasteiger partial charge in [0.2, 0.25) is 5.91 Å². The Balaban J connectivity index is 1.23. The first-order valence-corrected chi connectivity index (χ1v) is 15.6. The quantitative estimate of drug-likeness (QED) is 0.309. The van der Waals surface area contributed by atoms with E-state index in [4.69, 9.17) is 5.73 Å². The third-order valence-corrected chi connectivity index (χ3v) is 9.10. The summed E-state index contributed by atoms with van der Waals surface area (Å²) in [6, 6.07) is 22.6. The number of fused-ring (bicyclic) bond motifs is 1. The van der Waals surface area contributed by atoms with E-state index in [0.29, 0.717) is 18.5 Å². The van der Waals surface area contributed by atoms with E-state index in [1.807, 2.05) is 0 Å². The van der Waals surface area contributed by atoms with Gasteiger partial charge in [0.25, 0.3) is 0 Å². The number of piperazine rings is 1. The fourth-order valence-electron chi connectivity index (χ4n) is 6.78. The van der Waals surface area contributed by atoms with E-state index in [1.165, 1.54) is 33.9 Å². The van der Waals surface area contributed by atoms with E-state index in [1.54, 1.807) is 0 Å². The van der Waals surface area contributed by atoms with Crippen LogP contribution in [0.15, 0.2) is 60.7 Å². The third kappa shape index (κ3) is 7.95. The van der Waals surface area contributed by atoms with Gasteiger partial charge >= 0.3 is 0 Å². The highest BCUT2D eigenvalue weighted by molar-refractivity contribution is 5.85. The molecule has 3 aromatic rings. The Morgan fingerprint density at radius 1 is 1.07 bits per heavy atom. The molecule has 4 N–H and O–H groups in total. The van der Waals surface area contributed by atoms with Crippen LogP contribution in [0.3, 0.4) is 0 Å². The lowest BCUT2D eigenvalue weighted by Gasteiger charge is -2.46. The number of amides is 1. The Labute approximate surface area is 246 Å². The molecule has 2 fully saturated rings. The van der Waals surface area contributed by atoms with Crippen molar-refractivity contribution in [3.8, 4) is 0 Å². The summed E-state index contributed by atoms with van der Waals surface area (Å²) in [5.41, 5.74) is 11.8. The first kappa shape index (κ1) is 29.7. The van der Waals surface area contributed by atoms with E-state index in [9.17, 15) is 4.79 Å². The number of carbonyl (C=O) groups is 1. The van der Waals surface area contributed by atoms with Gasteiger partial charge in [-0.15, -0.1) is 0 Å². The van der Waals surface area contributed by atoms with Crippen molar-refractivity contribution in [2.24, 2.45) is 5.73 Å². The normalized spacial score (nSPS) is 22.3. The maximum absolute atomic E-state index is 13.7. The smallest absolute Gasteiger partial charge is 0.227 e. The van der Waals surface area contributed by atoms with Crippen LogP contribution in [0.25, 0.3) is 10.8 Å². The molecular weight excluding hydrogens is 506 g/mol.